The topological polar surface area (TPSA) is 76.6 Å². The fourth-order valence-corrected chi connectivity index (χ4v) is 3.20. The van der Waals surface area contributed by atoms with Gasteiger partial charge in [-0.15, -0.1) is 0 Å². The van der Waals surface area contributed by atoms with E-state index in [1.54, 1.807) is 18.2 Å². The molecule has 1 aromatic carbocycles. The summed E-state index contributed by atoms with van der Waals surface area (Å²) in [6.07, 6.45) is 3.13. The number of anilines is 1. The number of thioether (sulfide) groups is 1. The fraction of sp³-hybridized carbons (Fsp3) is 0. The number of rotatable bonds is 3. The number of benzene rings is 1. The average Bonchev–Trinajstić information content (AvgIpc) is 3.09. The highest BCUT2D eigenvalue weighted by atomic mass is 32.2. The molecule has 22 heavy (non-hydrogen) atoms. The molecular weight excluding hydrogens is 324 g/mol. The first-order valence-corrected chi connectivity index (χ1v) is 7.34. The van der Waals surface area contributed by atoms with Crippen LogP contribution in [0.2, 0.25) is 0 Å². The van der Waals surface area contributed by atoms with E-state index in [0.29, 0.717) is 20.7 Å². The Morgan fingerprint density at radius 1 is 1.27 bits per heavy atom. The summed E-state index contributed by atoms with van der Waals surface area (Å²) in [5.74, 6) is 0.282. The molecule has 1 amide bonds. The van der Waals surface area contributed by atoms with E-state index in [1.807, 2.05) is 0 Å². The lowest BCUT2D eigenvalue weighted by Crippen LogP contribution is -2.27. The molecule has 3 rings (SSSR count). The second-order valence-corrected chi connectivity index (χ2v) is 5.98. The maximum atomic E-state index is 12.4. The van der Waals surface area contributed by atoms with E-state index in [0.717, 1.165) is 11.8 Å². The number of nitro groups is 1. The zero-order valence-electron chi connectivity index (χ0n) is 11.0. The monoisotopic (exact) mass is 332 g/mol. The van der Waals surface area contributed by atoms with Crippen LogP contribution in [0.3, 0.4) is 0 Å². The average molecular weight is 332 g/mol. The molecule has 1 aromatic heterocycles. The van der Waals surface area contributed by atoms with Gasteiger partial charge in [0.05, 0.1) is 21.8 Å². The van der Waals surface area contributed by atoms with Crippen molar-refractivity contribution < 1.29 is 14.1 Å². The SMILES string of the molecule is O=C1/C(=C/c2ccco2)SC(=S)N1c1ccc([N+](=O)[O-])cc1. The Balaban J connectivity index is 1.90. The third kappa shape index (κ3) is 2.66. The van der Waals surface area contributed by atoms with E-state index >= 15 is 0 Å². The van der Waals surface area contributed by atoms with E-state index in [4.69, 9.17) is 16.6 Å². The molecule has 2 heterocycles. The maximum absolute atomic E-state index is 12.4. The van der Waals surface area contributed by atoms with Crippen LogP contribution in [0.15, 0.2) is 52.0 Å². The van der Waals surface area contributed by atoms with Gasteiger partial charge in [-0.2, -0.15) is 0 Å². The van der Waals surface area contributed by atoms with Crippen LogP contribution in [0.1, 0.15) is 5.76 Å². The minimum Gasteiger partial charge on any atom is -0.465 e. The van der Waals surface area contributed by atoms with Crippen LogP contribution in [-0.2, 0) is 4.79 Å². The van der Waals surface area contributed by atoms with Crippen LogP contribution in [-0.4, -0.2) is 15.2 Å². The molecule has 110 valence electrons. The Hall–Kier alpha value is -2.45. The van der Waals surface area contributed by atoms with E-state index in [2.05, 4.69) is 0 Å². The summed E-state index contributed by atoms with van der Waals surface area (Å²) in [6, 6.07) is 9.13. The van der Waals surface area contributed by atoms with Gasteiger partial charge in [-0.25, -0.2) is 0 Å². The molecule has 0 atom stereocenters. The molecule has 0 N–H and O–H groups in total. The zero-order chi connectivity index (χ0) is 15.7. The number of non-ortho nitro benzene ring substituents is 1. The van der Waals surface area contributed by atoms with E-state index in [9.17, 15) is 14.9 Å². The van der Waals surface area contributed by atoms with Crippen LogP contribution in [0.25, 0.3) is 6.08 Å². The van der Waals surface area contributed by atoms with Crippen molar-refractivity contribution >= 4 is 51.7 Å². The lowest BCUT2D eigenvalue weighted by molar-refractivity contribution is -0.384. The minimum atomic E-state index is -0.495. The number of nitrogens with zero attached hydrogens (tertiary/aromatic N) is 2. The normalized spacial score (nSPS) is 16.5. The Morgan fingerprint density at radius 3 is 2.59 bits per heavy atom. The summed E-state index contributed by atoms with van der Waals surface area (Å²) in [5, 5.41) is 10.7. The second-order valence-electron chi connectivity index (χ2n) is 4.31. The Morgan fingerprint density at radius 2 is 2.00 bits per heavy atom. The first-order chi connectivity index (χ1) is 10.6. The highest BCUT2D eigenvalue weighted by molar-refractivity contribution is 8.27. The third-order valence-corrected chi connectivity index (χ3v) is 4.23. The van der Waals surface area contributed by atoms with Crippen LogP contribution < -0.4 is 4.90 Å². The summed E-state index contributed by atoms with van der Waals surface area (Å²) in [7, 11) is 0. The lowest BCUT2D eigenvalue weighted by Gasteiger charge is -2.13. The molecule has 1 aliphatic rings. The molecule has 0 radical (unpaired) electrons. The molecule has 6 nitrogen and oxygen atoms in total. The Kier molecular flexibility index (Phi) is 3.78. The Labute approximate surface area is 134 Å². The minimum absolute atomic E-state index is 0.0414. The number of thiocarbonyl (C=S) groups is 1. The number of hydrogen-bond acceptors (Lipinski definition) is 6. The van der Waals surface area contributed by atoms with Gasteiger partial charge in [0.15, 0.2) is 4.32 Å². The van der Waals surface area contributed by atoms with Gasteiger partial charge < -0.3 is 4.42 Å². The van der Waals surface area contributed by atoms with Gasteiger partial charge in [-0.05, 0) is 24.3 Å². The largest absolute Gasteiger partial charge is 0.465 e. The number of amides is 1. The van der Waals surface area contributed by atoms with Crippen molar-refractivity contribution in [2.24, 2.45) is 0 Å². The summed E-state index contributed by atoms with van der Waals surface area (Å²) in [6.45, 7) is 0. The number of nitro benzene ring substituents is 1. The molecule has 0 unspecified atom stereocenters. The maximum Gasteiger partial charge on any atom is 0.270 e. The standard InChI is InChI=1S/C14H8N2O4S2/c17-13-12(8-11-2-1-7-20-11)22-14(21)15(13)9-3-5-10(6-4-9)16(18)19/h1-8H/b12-8-. The quantitative estimate of drug-likeness (QED) is 0.370. The van der Waals surface area contributed by atoms with Crippen molar-refractivity contribution in [1.82, 2.24) is 0 Å². The number of hydrogen-bond donors (Lipinski definition) is 0. The zero-order valence-corrected chi connectivity index (χ0v) is 12.6. The number of furan rings is 1. The third-order valence-electron chi connectivity index (χ3n) is 2.93. The van der Waals surface area contributed by atoms with Crippen molar-refractivity contribution in [1.29, 1.82) is 0 Å². The van der Waals surface area contributed by atoms with Crippen LogP contribution in [0.4, 0.5) is 11.4 Å². The van der Waals surface area contributed by atoms with Crippen molar-refractivity contribution in [3.8, 4) is 0 Å². The molecule has 8 heteroatoms. The molecule has 0 bridgehead atoms. The molecule has 0 saturated carbocycles. The number of carbonyl (C=O) groups excluding carboxylic acids is 1. The predicted octanol–water partition coefficient (Wildman–Crippen LogP) is 3.59. The summed E-state index contributed by atoms with van der Waals surface area (Å²) in [4.78, 5) is 24.4. The molecule has 2 aromatic rings. The smallest absolute Gasteiger partial charge is 0.270 e. The highest BCUT2D eigenvalue weighted by Gasteiger charge is 2.33. The lowest BCUT2D eigenvalue weighted by atomic mass is 10.2. The molecule has 0 spiro atoms. The summed E-state index contributed by atoms with van der Waals surface area (Å²) >= 11 is 6.38. The second kappa shape index (κ2) is 5.74. The van der Waals surface area contributed by atoms with Gasteiger partial charge in [-0.3, -0.25) is 19.8 Å². The van der Waals surface area contributed by atoms with E-state index in [-0.39, 0.29) is 11.6 Å². The van der Waals surface area contributed by atoms with E-state index < -0.39 is 4.92 Å². The molecule has 1 saturated heterocycles. The summed E-state index contributed by atoms with van der Waals surface area (Å²) in [5.41, 5.74) is 0.455. The van der Waals surface area contributed by atoms with Gasteiger partial charge in [0.25, 0.3) is 11.6 Å². The molecular formula is C14H8N2O4S2. The Bertz CT molecular complexity index is 782. The highest BCUT2D eigenvalue weighted by Crippen LogP contribution is 2.36. The van der Waals surface area contributed by atoms with Gasteiger partial charge in [0.2, 0.25) is 0 Å². The van der Waals surface area contributed by atoms with Crippen LogP contribution in [0, 0.1) is 10.1 Å². The van der Waals surface area contributed by atoms with Crippen molar-refractivity contribution in [3.05, 3.63) is 63.4 Å². The van der Waals surface area contributed by atoms with Crippen molar-refractivity contribution in [2.45, 2.75) is 0 Å². The first-order valence-electron chi connectivity index (χ1n) is 6.12. The van der Waals surface area contributed by atoms with Gasteiger partial charge >= 0.3 is 0 Å². The molecule has 0 aliphatic carbocycles. The molecule has 1 fully saturated rings. The van der Waals surface area contributed by atoms with E-state index in [1.165, 1.54) is 35.4 Å². The predicted molar refractivity (Wildman–Crippen MR) is 87.5 cm³/mol. The van der Waals surface area contributed by atoms with Gasteiger partial charge in [0, 0.05) is 18.2 Å². The van der Waals surface area contributed by atoms with Gasteiger partial charge in [-0.1, -0.05) is 24.0 Å². The van der Waals surface area contributed by atoms with Crippen LogP contribution >= 0.6 is 24.0 Å². The van der Waals surface area contributed by atoms with Gasteiger partial charge in [0.1, 0.15) is 5.76 Å². The van der Waals surface area contributed by atoms with Crippen molar-refractivity contribution in [2.75, 3.05) is 4.90 Å². The number of carbonyl (C=O) groups is 1. The van der Waals surface area contributed by atoms with Crippen LogP contribution in [0.5, 0.6) is 0 Å². The fourth-order valence-electron chi connectivity index (χ4n) is 1.92. The molecule has 1 aliphatic heterocycles. The summed E-state index contributed by atoms with van der Waals surface area (Å²) < 4.78 is 5.56. The van der Waals surface area contributed by atoms with Crippen molar-refractivity contribution in [3.63, 3.8) is 0 Å². The first kappa shape index (κ1) is 14.5.